The zero-order valence-corrected chi connectivity index (χ0v) is 16.2. The molecule has 30 heavy (non-hydrogen) atoms. The lowest BCUT2D eigenvalue weighted by Gasteiger charge is -2.20. The van der Waals surface area contributed by atoms with E-state index in [9.17, 15) is 23.2 Å². The van der Waals surface area contributed by atoms with Gasteiger partial charge in [0.05, 0.1) is 16.4 Å². The summed E-state index contributed by atoms with van der Waals surface area (Å²) in [6, 6.07) is 5.46. The molecule has 2 aromatic carbocycles. The van der Waals surface area contributed by atoms with E-state index < -0.39 is 41.4 Å². The molecular weight excluding hydrogens is 420 g/mol. The molecule has 2 aliphatic heterocycles. The van der Waals surface area contributed by atoms with Crippen molar-refractivity contribution in [1.82, 2.24) is 5.01 Å². The van der Waals surface area contributed by atoms with Crippen LogP contribution in [0, 0.1) is 18.6 Å². The van der Waals surface area contributed by atoms with Gasteiger partial charge in [0.1, 0.15) is 6.54 Å². The van der Waals surface area contributed by atoms with Gasteiger partial charge in [-0.05, 0) is 36.8 Å². The summed E-state index contributed by atoms with van der Waals surface area (Å²) in [4.78, 5) is 38.5. The van der Waals surface area contributed by atoms with Crippen molar-refractivity contribution in [3.05, 3.63) is 58.6 Å². The third-order valence-electron chi connectivity index (χ3n) is 4.72. The fourth-order valence-corrected chi connectivity index (χ4v) is 3.57. The second kappa shape index (κ2) is 7.45. The Balaban J connectivity index is 1.50. The number of aryl methyl sites for hydroxylation is 1. The molecule has 1 saturated heterocycles. The van der Waals surface area contributed by atoms with Crippen LogP contribution in [0.15, 0.2) is 46.7 Å². The topological polar surface area (TPSA) is 94.4 Å². The van der Waals surface area contributed by atoms with E-state index in [1.54, 1.807) is 18.2 Å². The van der Waals surface area contributed by atoms with Gasteiger partial charge in [-0.2, -0.15) is 5.11 Å². The highest BCUT2D eigenvalue weighted by molar-refractivity contribution is 6.33. The fourth-order valence-electron chi connectivity index (χ4n) is 3.29. The van der Waals surface area contributed by atoms with Crippen LogP contribution in [-0.2, 0) is 14.4 Å². The number of carbonyl (C=O) groups is 3. The lowest BCUT2D eigenvalue weighted by molar-refractivity contribution is -0.123. The lowest BCUT2D eigenvalue weighted by Crippen LogP contribution is -2.43. The monoisotopic (exact) mass is 433 g/mol. The van der Waals surface area contributed by atoms with Gasteiger partial charge in [-0.25, -0.2) is 13.7 Å². The number of amides is 3. The highest BCUT2D eigenvalue weighted by atomic mass is 35.5. The Morgan fingerprint density at radius 2 is 1.90 bits per heavy atom. The predicted molar refractivity (Wildman–Crippen MR) is 103 cm³/mol. The van der Waals surface area contributed by atoms with Crippen LogP contribution in [0.1, 0.15) is 5.56 Å². The van der Waals surface area contributed by atoms with Crippen molar-refractivity contribution in [3.63, 3.8) is 0 Å². The van der Waals surface area contributed by atoms with Crippen molar-refractivity contribution in [1.29, 1.82) is 0 Å². The first kappa shape index (κ1) is 19.9. The minimum absolute atomic E-state index is 0.121. The van der Waals surface area contributed by atoms with Gasteiger partial charge < -0.3 is 5.32 Å². The van der Waals surface area contributed by atoms with Gasteiger partial charge in [-0.3, -0.25) is 19.4 Å². The van der Waals surface area contributed by atoms with E-state index in [2.05, 4.69) is 15.7 Å². The third kappa shape index (κ3) is 3.39. The highest BCUT2D eigenvalue weighted by Gasteiger charge is 2.55. The fraction of sp³-hybridized carbons (Fsp3) is 0.211. The Morgan fingerprint density at radius 3 is 2.60 bits per heavy atom. The van der Waals surface area contributed by atoms with Crippen LogP contribution >= 0.6 is 11.6 Å². The number of halogens is 3. The zero-order chi connectivity index (χ0) is 21.6. The van der Waals surface area contributed by atoms with Gasteiger partial charge in [0.25, 0.3) is 11.8 Å². The van der Waals surface area contributed by atoms with Gasteiger partial charge in [-0.1, -0.05) is 22.9 Å². The molecule has 1 fully saturated rings. The number of imide groups is 1. The van der Waals surface area contributed by atoms with Crippen molar-refractivity contribution in [3.8, 4) is 0 Å². The summed E-state index contributed by atoms with van der Waals surface area (Å²) in [5, 5.41) is 11.6. The second-order valence-electron chi connectivity index (χ2n) is 6.83. The molecule has 0 spiro atoms. The van der Waals surface area contributed by atoms with Gasteiger partial charge in [-0.15, -0.1) is 0 Å². The molecule has 2 aliphatic rings. The summed E-state index contributed by atoms with van der Waals surface area (Å²) < 4.78 is 26.7. The Kier molecular flexibility index (Phi) is 4.94. The van der Waals surface area contributed by atoms with Crippen molar-refractivity contribution >= 4 is 40.7 Å². The van der Waals surface area contributed by atoms with Crippen molar-refractivity contribution in [2.45, 2.75) is 19.0 Å². The summed E-state index contributed by atoms with van der Waals surface area (Å²) in [6.45, 7) is 1.49. The molecule has 8 nitrogen and oxygen atoms in total. The Bertz CT molecular complexity index is 1110. The van der Waals surface area contributed by atoms with E-state index in [0.717, 1.165) is 33.7 Å². The summed E-state index contributed by atoms with van der Waals surface area (Å²) in [5.41, 5.74) is 1.18. The van der Waals surface area contributed by atoms with Crippen LogP contribution in [0.25, 0.3) is 0 Å². The number of carbonyl (C=O) groups excluding carboxylic acids is 3. The van der Waals surface area contributed by atoms with Crippen LogP contribution in [0.4, 0.5) is 20.2 Å². The first-order chi connectivity index (χ1) is 14.3. The van der Waals surface area contributed by atoms with E-state index >= 15 is 0 Å². The predicted octanol–water partition coefficient (Wildman–Crippen LogP) is 2.86. The van der Waals surface area contributed by atoms with Crippen LogP contribution in [0.5, 0.6) is 0 Å². The molecule has 2 heterocycles. The second-order valence-corrected chi connectivity index (χ2v) is 7.24. The molecule has 2 aromatic rings. The number of benzene rings is 2. The van der Waals surface area contributed by atoms with E-state index in [0.29, 0.717) is 10.7 Å². The van der Waals surface area contributed by atoms with Crippen molar-refractivity contribution in [2.24, 2.45) is 10.3 Å². The Morgan fingerprint density at radius 1 is 1.13 bits per heavy atom. The van der Waals surface area contributed by atoms with Crippen LogP contribution in [0.3, 0.4) is 0 Å². The SMILES string of the molecule is Cc1ccc(NC(=O)CN2N=NC3C(=O)N(c4ccc(F)c(F)c4)C(=O)C32)c(Cl)c1. The molecule has 3 amide bonds. The Labute approximate surface area is 174 Å². The standard InChI is InChI=1S/C19H14ClF2N5O3/c1-9-2-5-14(11(20)6-9)23-15(28)8-26-17-16(24-25-26)18(29)27(19(17)30)10-3-4-12(21)13(22)7-10/h2-7,16-17H,8H2,1H3,(H,23,28). The minimum Gasteiger partial charge on any atom is -0.323 e. The van der Waals surface area contributed by atoms with Gasteiger partial charge in [0.2, 0.25) is 5.91 Å². The largest absolute Gasteiger partial charge is 0.323 e. The zero-order valence-electron chi connectivity index (χ0n) is 15.5. The molecule has 4 rings (SSSR count). The number of hydrogen-bond donors (Lipinski definition) is 1. The quantitative estimate of drug-likeness (QED) is 0.750. The third-order valence-corrected chi connectivity index (χ3v) is 5.04. The maximum Gasteiger partial charge on any atom is 0.263 e. The van der Waals surface area contributed by atoms with E-state index in [-0.39, 0.29) is 12.2 Å². The molecule has 0 bridgehead atoms. The maximum atomic E-state index is 13.5. The molecular formula is C19H14ClF2N5O3. The Hall–Kier alpha value is -3.40. The minimum atomic E-state index is -1.20. The van der Waals surface area contributed by atoms with Crippen LogP contribution in [0.2, 0.25) is 5.02 Å². The average molecular weight is 434 g/mol. The number of nitrogens with zero attached hydrogens (tertiary/aromatic N) is 4. The maximum absolute atomic E-state index is 13.5. The lowest BCUT2D eigenvalue weighted by atomic mass is 10.1. The van der Waals surface area contributed by atoms with Gasteiger partial charge in [0.15, 0.2) is 23.7 Å². The van der Waals surface area contributed by atoms with Crippen molar-refractivity contribution < 1.29 is 23.2 Å². The summed E-state index contributed by atoms with van der Waals surface area (Å²) in [7, 11) is 0. The van der Waals surface area contributed by atoms with E-state index in [4.69, 9.17) is 11.6 Å². The molecule has 0 aromatic heterocycles. The molecule has 0 saturated carbocycles. The first-order valence-corrected chi connectivity index (χ1v) is 9.20. The number of fused-ring (bicyclic) bond motifs is 1. The first-order valence-electron chi connectivity index (χ1n) is 8.82. The van der Waals surface area contributed by atoms with Gasteiger partial charge in [0, 0.05) is 6.07 Å². The average Bonchev–Trinajstić information content (AvgIpc) is 3.20. The van der Waals surface area contributed by atoms with Crippen LogP contribution in [-0.4, -0.2) is 41.4 Å². The normalized spacial score (nSPS) is 20.1. The van der Waals surface area contributed by atoms with Crippen molar-refractivity contribution in [2.75, 3.05) is 16.8 Å². The molecule has 2 unspecified atom stereocenters. The summed E-state index contributed by atoms with van der Waals surface area (Å²) >= 11 is 6.10. The number of rotatable bonds is 4. The molecule has 1 N–H and O–H groups in total. The molecule has 2 atom stereocenters. The molecule has 0 aliphatic carbocycles. The molecule has 11 heteroatoms. The highest BCUT2D eigenvalue weighted by Crippen LogP contribution is 2.32. The number of hydrogen-bond acceptors (Lipinski definition) is 6. The summed E-state index contributed by atoms with van der Waals surface area (Å²) in [5.74, 6) is -4.29. The molecule has 154 valence electrons. The summed E-state index contributed by atoms with van der Waals surface area (Å²) in [6.07, 6.45) is 0. The van der Waals surface area contributed by atoms with Gasteiger partial charge >= 0.3 is 0 Å². The smallest absolute Gasteiger partial charge is 0.263 e. The van der Waals surface area contributed by atoms with E-state index in [1.807, 2.05) is 6.92 Å². The molecule has 0 radical (unpaired) electrons. The number of anilines is 2. The van der Waals surface area contributed by atoms with E-state index in [1.165, 1.54) is 0 Å². The van der Waals surface area contributed by atoms with Crippen LogP contribution < -0.4 is 10.2 Å². The number of nitrogens with one attached hydrogen (secondary N) is 1.